The molecule has 1 unspecified atom stereocenters. The highest BCUT2D eigenvalue weighted by atomic mass is 16.5. The van der Waals surface area contributed by atoms with Gasteiger partial charge in [-0.3, -0.25) is 14.5 Å². The number of rotatable bonds is 14. The molecule has 38 heavy (non-hydrogen) atoms. The second-order valence-corrected chi connectivity index (χ2v) is 9.81. The Morgan fingerprint density at radius 2 is 1.53 bits per heavy atom. The molecule has 3 rings (SSSR count). The van der Waals surface area contributed by atoms with Gasteiger partial charge in [-0.25, -0.2) is 0 Å². The summed E-state index contributed by atoms with van der Waals surface area (Å²) in [5.74, 6) is -0.119. The maximum Gasteiger partial charge on any atom is 0.309 e. The smallest absolute Gasteiger partial charge is 0.309 e. The molecule has 3 atom stereocenters. The van der Waals surface area contributed by atoms with Crippen LogP contribution < -0.4 is 14.2 Å². The number of methoxy groups -OCH3 is 3. The molecule has 1 amide bonds. The topological polar surface area (TPSA) is 88.5 Å². The number of nitrogens with zero attached hydrogens (tertiary/aromatic N) is 2. The molecule has 1 fully saturated rings. The average Bonchev–Trinajstić information content (AvgIpc) is 3.31. The number of ether oxygens (including phenoxy) is 3. The Balaban J connectivity index is 2.02. The van der Waals surface area contributed by atoms with Gasteiger partial charge in [-0.15, -0.1) is 0 Å². The fourth-order valence-electron chi connectivity index (χ4n) is 5.37. The van der Waals surface area contributed by atoms with Crippen molar-refractivity contribution in [2.45, 2.75) is 51.5 Å². The molecule has 8 nitrogen and oxygen atoms in total. The monoisotopic (exact) mass is 526 g/mol. The van der Waals surface area contributed by atoms with Crippen molar-refractivity contribution in [1.82, 2.24) is 9.80 Å². The molecule has 0 saturated carbocycles. The van der Waals surface area contributed by atoms with Crippen LogP contribution in [0.15, 0.2) is 42.5 Å². The predicted molar refractivity (Wildman–Crippen MR) is 147 cm³/mol. The first-order valence-electron chi connectivity index (χ1n) is 13.5. The number of aliphatic carboxylic acids is 1. The highest BCUT2D eigenvalue weighted by Crippen LogP contribution is 2.48. The number of likely N-dealkylation sites (tertiary alicyclic amines) is 1. The SMILES string of the molecule is CCCCN(CCCC)C(=O)CN1CC(c2ccc(OC)cc2OC)[C@H](C(=O)O)[C@H]1c1ccc(OC)cc1. The van der Waals surface area contributed by atoms with Crippen molar-refractivity contribution in [1.29, 1.82) is 0 Å². The highest BCUT2D eigenvalue weighted by Gasteiger charge is 2.48. The van der Waals surface area contributed by atoms with Crippen molar-refractivity contribution < 1.29 is 28.9 Å². The lowest BCUT2D eigenvalue weighted by Gasteiger charge is -2.30. The van der Waals surface area contributed by atoms with E-state index in [1.807, 2.05) is 46.2 Å². The van der Waals surface area contributed by atoms with E-state index < -0.39 is 17.9 Å². The van der Waals surface area contributed by atoms with Gasteiger partial charge >= 0.3 is 5.97 Å². The number of hydrogen-bond acceptors (Lipinski definition) is 6. The summed E-state index contributed by atoms with van der Waals surface area (Å²) in [6, 6.07) is 12.5. The lowest BCUT2D eigenvalue weighted by molar-refractivity contribution is -0.144. The van der Waals surface area contributed by atoms with Crippen LogP contribution in [0.1, 0.15) is 62.6 Å². The van der Waals surface area contributed by atoms with Gasteiger partial charge in [-0.05, 0) is 42.2 Å². The summed E-state index contributed by atoms with van der Waals surface area (Å²) in [5, 5.41) is 10.5. The van der Waals surface area contributed by atoms with Gasteiger partial charge in [0.25, 0.3) is 0 Å². The quantitative estimate of drug-likeness (QED) is 0.371. The summed E-state index contributed by atoms with van der Waals surface area (Å²) in [6.45, 7) is 6.24. The van der Waals surface area contributed by atoms with Crippen LogP contribution in [0.4, 0.5) is 0 Å². The van der Waals surface area contributed by atoms with Gasteiger partial charge < -0.3 is 24.2 Å². The first-order valence-corrected chi connectivity index (χ1v) is 13.5. The standard InChI is InChI=1S/C30H42N2O6/c1-6-8-16-31(17-9-7-2)27(33)20-32-19-25(24-15-14-23(37-4)18-26(24)38-5)28(30(34)35)29(32)21-10-12-22(36-3)13-11-21/h10-15,18,25,28-29H,6-9,16-17,19-20H2,1-5H3,(H,34,35)/t25?,28-,29+/m0/s1. The lowest BCUT2D eigenvalue weighted by Crippen LogP contribution is -2.42. The van der Waals surface area contributed by atoms with E-state index in [0.29, 0.717) is 36.9 Å². The van der Waals surface area contributed by atoms with E-state index in [1.54, 1.807) is 27.4 Å². The van der Waals surface area contributed by atoms with Gasteiger partial charge in [0.05, 0.1) is 33.8 Å². The van der Waals surface area contributed by atoms with Gasteiger partial charge in [0.15, 0.2) is 0 Å². The molecule has 0 bridgehead atoms. The fourth-order valence-corrected chi connectivity index (χ4v) is 5.37. The molecule has 2 aromatic rings. The minimum Gasteiger partial charge on any atom is -0.497 e. The zero-order valence-electron chi connectivity index (χ0n) is 23.3. The third-order valence-corrected chi connectivity index (χ3v) is 7.44. The predicted octanol–water partition coefficient (Wildman–Crippen LogP) is 4.98. The number of carbonyl (C=O) groups excluding carboxylic acids is 1. The molecule has 1 heterocycles. The van der Waals surface area contributed by atoms with Gasteiger partial charge in [0.2, 0.25) is 5.91 Å². The second-order valence-electron chi connectivity index (χ2n) is 9.81. The highest BCUT2D eigenvalue weighted by molar-refractivity contribution is 5.79. The Bertz CT molecular complexity index is 1050. The van der Waals surface area contributed by atoms with Crippen LogP contribution in [0.2, 0.25) is 0 Å². The van der Waals surface area contributed by atoms with Gasteiger partial charge in [-0.1, -0.05) is 44.9 Å². The summed E-state index contributed by atoms with van der Waals surface area (Å²) in [7, 11) is 4.76. The van der Waals surface area contributed by atoms with Crippen LogP contribution in [0.25, 0.3) is 0 Å². The van der Waals surface area contributed by atoms with Crippen molar-refractivity contribution >= 4 is 11.9 Å². The molecule has 2 aromatic carbocycles. The van der Waals surface area contributed by atoms with Crippen LogP contribution >= 0.6 is 0 Å². The van der Waals surface area contributed by atoms with E-state index in [9.17, 15) is 14.7 Å². The molecule has 1 saturated heterocycles. The molecule has 1 N–H and O–H groups in total. The Kier molecular flexibility index (Phi) is 10.8. The molecular weight excluding hydrogens is 484 g/mol. The number of unbranched alkanes of at least 4 members (excludes halogenated alkanes) is 2. The third kappa shape index (κ3) is 6.78. The summed E-state index contributed by atoms with van der Waals surface area (Å²) >= 11 is 0. The summed E-state index contributed by atoms with van der Waals surface area (Å²) in [6.07, 6.45) is 3.91. The van der Waals surface area contributed by atoms with Crippen molar-refractivity contribution in [3.8, 4) is 17.2 Å². The Hall–Kier alpha value is -3.26. The second kappa shape index (κ2) is 14.0. The van der Waals surface area contributed by atoms with Gasteiger partial charge in [0, 0.05) is 37.7 Å². The molecular formula is C30H42N2O6. The van der Waals surface area contributed by atoms with E-state index in [2.05, 4.69) is 13.8 Å². The fraction of sp³-hybridized carbons (Fsp3) is 0.533. The van der Waals surface area contributed by atoms with Crippen molar-refractivity contribution in [2.75, 3.05) is 47.5 Å². The van der Waals surface area contributed by atoms with E-state index in [-0.39, 0.29) is 18.4 Å². The lowest BCUT2D eigenvalue weighted by atomic mass is 9.82. The number of carbonyl (C=O) groups is 2. The first-order chi connectivity index (χ1) is 18.4. The van der Waals surface area contributed by atoms with Crippen molar-refractivity contribution in [3.05, 3.63) is 53.6 Å². The number of carboxylic acid groups (broad SMARTS) is 1. The van der Waals surface area contributed by atoms with Crippen LogP contribution in [0, 0.1) is 5.92 Å². The molecule has 0 radical (unpaired) electrons. The van der Waals surface area contributed by atoms with E-state index >= 15 is 0 Å². The van der Waals surface area contributed by atoms with E-state index in [1.165, 1.54) is 0 Å². The summed E-state index contributed by atoms with van der Waals surface area (Å²) < 4.78 is 16.3. The van der Waals surface area contributed by atoms with Crippen LogP contribution in [-0.2, 0) is 9.59 Å². The summed E-state index contributed by atoms with van der Waals surface area (Å²) in [5.41, 5.74) is 1.64. The number of amides is 1. The Morgan fingerprint density at radius 3 is 2.05 bits per heavy atom. The molecule has 0 aromatic heterocycles. The van der Waals surface area contributed by atoms with Crippen LogP contribution in [-0.4, -0.2) is 74.3 Å². The molecule has 0 spiro atoms. The maximum atomic E-state index is 13.6. The van der Waals surface area contributed by atoms with Crippen molar-refractivity contribution in [3.63, 3.8) is 0 Å². The largest absolute Gasteiger partial charge is 0.497 e. The molecule has 1 aliphatic rings. The zero-order chi connectivity index (χ0) is 27.7. The Labute approximate surface area is 226 Å². The van der Waals surface area contributed by atoms with Crippen molar-refractivity contribution in [2.24, 2.45) is 5.92 Å². The van der Waals surface area contributed by atoms with E-state index in [0.717, 1.165) is 36.8 Å². The molecule has 0 aliphatic carbocycles. The number of benzene rings is 2. The zero-order valence-corrected chi connectivity index (χ0v) is 23.3. The van der Waals surface area contributed by atoms with Gasteiger partial charge in [0.1, 0.15) is 17.2 Å². The Morgan fingerprint density at radius 1 is 0.921 bits per heavy atom. The molecule has 8 heteroatoms. The van der Waals surface area contributed by atoms with E-state index in [4.69, 9.17) is 14.2 Å². The minimum absolute atomic E-state index is 0.0388. The van der Waals surface area contributed by atoms with Crippen LogP contribution in [0.5, 0.6) is 17.2 Å². The van der Waals surface area contributed by atoms with Gasteiger partial charge in [-0.2, -0.15) is 0 Å². The molecule has 208 valence electrons. The summed E-state index contributed by atoms with van der Waals surface area (Å²) in [4.78, 5) is 30.4. The third-order valence-electron chi connectivity index (χ3n) is 7.44. The minimum atomic E-state index is -0.905. The normalized spacial score (nSPS) is 19.2. The number of carboxylic acids is 1. The molecule has 1 aliphatic heterocycles. The first kappa shape index (κ1) is 29.3. The number of hydrogen-bond donors (Lipinski definition) is 1. The van der Waals surface area contributed by atoms with Crippen LogP contribution in [0.3, 0.4) is 0 Å². The average molecular weight is 527 g/mol. The maximum absolute atomic E-state index is 13.6.